The van der Waals surface area contributed by atoms with Crippen LogP contribution in [0, 0.1) is 0 Å². The Balaban J connectivity index is 0.00000364. The zero-order valence-electron chi connectivity index (χ0n) is 16.5. The molecule has 1 aromatic rings. The zero-order valence-corrected chi connectivity index (χ0v) is 19.7. The van der Waals surface area contributed by atoms with Crippen molar-refractivity contribution in [2.75, 3.05) is 64.6 Å². The lowest BCUT2D eigenvalue weighted by molar-refractivity contribution is 0.0702. The molecule has 1 saturated heterocycles. The van der Waals surface area contributed by atoms with Gasteiger partial charge in [0.1, 0.15) is 0 Å². The van der Waals surface area contributed by atoms with Crippen LogP contribution in [0.25, 0.3) is 0 Å². The number of methoxy groups -OCH3 is 1. The van der Waals surface area contributed by atoms with Crippen LogP contribution in [0.3, 0.4) is 0 Å². The fourth-order valence-electron chi connectivity index (χ4n) is 2.72. The second kappa shape index (κ2) is 15.3. The Labute approximate surface area is 184 Å². The topological polar surface area (TPSA) is 71.0 Å². The predicted octanol–water partition coefficient (Wildman–Crippen LogP) is 2.51. The van der Waals surface area contributed by atoms with E-state index in [1.54, 1.807) is 18.4 Å². The average Bonchev–Trinajstić information content (AvgIpc) is 3.32. The lowest BCUT2D eigenvalue weighted by Gasteiger charge is -2.12. The number of rotatable bonds is 12. The molecule has 0 spiro atoms. The Morgan fingerprint density at radius 3 is 2.81 bits per heavy atom. The van der Waals surface area contributed by atoms with Crippen molar-refractivity contribution in [2.24, 2.45) is 4.99 Å². The number of halogens is 1. The second-order valence-electron chi connectivity index (χ2n) is 6.21. The van der Waals surface area contributed by atoms with Gasteiger partial charge in [-0.3, -0.25) is 4.99 Å². The number of nitrogens with zero attached hydrogens (tertiary/aromatic N) is 3. The molecule has 0 aromatic carbocycles. The van der Waals surface area contributed by atoms with Crippen LogP contribution in [0.4, 0.5) is 5.13 Å². The first-order valence-corrected chi connectivity index (χ1v) is 10.5. The standard InChI is InChI=1S/C18H33N5O2S.HI/c1-3-19-17(20-8-6-12-25-14-13-24-2)21-9-7-16-15-26-18(22-16)23-10-4-5-11-23;/h15H,3-14H2,1-2H3,(H2,19,20,21);1H. The van der Waals surface area contributed by atoms with E-state index in [1.165, 1.54) is 18.0 Å². The molecule has 27 heavy (non-hydrogen) atoms. The van der Waals surface area contributed by atoms with Crippen LogP contribution < -0.4 is 15.5 Å². The summed E-state index contributed by atoms with van der Waals surface area (Å²) in [6, 6.07) is 0. The third-order valence-corrected chi connectivity index (χ3v) is 5.03. The molecular formula is C18H34IN5O2S. The number of aromatic nitrogens is 1. The maximum Gasteiger partial charge on any atom is 0.191 e. The molecule has 2 rings (SSSR count). The average molecular weight is 511 g/mol. The summed E-state index contributed by atoms with van der Waals surface area (Å²) >= 11 is 1.76. The number of hydrogen-bond acceptors (Lipinski definition) is 6. The molecule has 0 amide bonds. The minimum atomic E-state index is 0. The maximum absolute atomic E-state index is 5.45. The molecule has 1 aliphatic heterocycles. The number of ether oxygens (including phenoxy) is 2. The van der Waals surface area contributed by atoms with Crippen molar-refractivity contribution in [3.63, 3.8) is 0 Å². The van der Waals surface area contributed by atoms with E-state index in [-0.39, 0.29) is 24.0 Å². The van der Waals surface area contributed by atoms with Gasteiger partial charge in [0.05, 0.1) is 18.9 Å². The summed E-state index contributed by atoms with van der Waals surface area (Å²) in [5, 5.41) is 10.0. The van der Waals surface area contributed by atoms with E-state index >= 15 is 0 Å². The summed E-state index contributed by atoms with van der Waals surface area (Å²) in [5.41, 5.74) is 1.16. The molecule has 7 nitrogen and oxygen atoms in total. The van der Waals surface area contributed by atoms with Gasteiger partial charge in [0.25, 0.3) is 0 Å². The normalized spacial score (nSPS) is 14.3. The van der Waals surface area contributed by atoms with Gasteiger partial charge < -0.3 is 25.0 Å². The lowest BCUT2D eigenvalue weighted by atomic mass is 10.3. The predicted molar refractivity (Wildman–Crippen MR) is 124 cm³/mol. The molecule has 9 heteroatoms. The van der Waals surface area contributed by atoms with Crippen molar-refractivity contribution in [2.45, 2.75) is 32.6 Å². The first-order chi connectivity index (χ1) is 12.8. The number of nitrogens with one attached hydrogen (secondary N) is 2. The first-order valence-electron chi connectivity index (χ1n) is 9.61. The van der Waals surface area contributed by atoms with Gasteiger partial charge in [0.2, 0.25) is 0 Å². The number of thiazole rings is 1. The third kappa shape index (κ3) is 9.91. The van der Waals surface area contributed by atoms with Crippen LogP contribution in [0.15, 0.2) is 10.4 Å². The molecular weight excluding hydrogens is 477 g/mol. The number of anilines is 1. The molecule has 0 saturated carbocycles. The van der Waals surface area contributed by atoms with Gasteiger partial charge in [-0.25, -0.2) is 4.98 Å². The van der Waals surface area contributed by atoms with E-state index in [4.69, 9.17) is 14.5 Å². The Hall–Kier alpha value is -0.650. The van der Waals surface area contributed by atoms with E-state index in [2.05, 4.69) is 32.8 Å². The summed E-state index contributed by atoms with van der Waals surface area (Å²) in [7, 11) is 1.68. The Kier molecular flexibility index (Phi) is 13.8. The summed E-state index contributed by atoms with van der Waals surface area (Å²) in [5.74, 6) is 0.861. The number of aliphatic imine (C=N–C) groups is 1. The zero-order chi connectivity index (χ0) is 18.5. The molecule has 1 aromatic heterocycles. The molecule has 0 atom stereocenters. The van der Waals surface area contributed by atoms with Gasteiger partial charge in [-0.05, 0) is 26.2 Å². The van der Waals surface area contributed by atoms with Crippen LogP contribution in [-0.4, -0.2) is 70.6 Å². The highest BCUT2D eigenvalue weighted by Crippen LogP contribution is 2.24. The lowest BCUT2D eigenvalue weighted by Crippen LogP contribution is -2.38. The smallest absolute Gasteiger partial charge is 0.191 e. The Morgan fingerprint density at radius 1 is 1.26 bits per heavy atom. The summed E-state index contributed by atoms with van der Waals surface area (Å²) in [6.45, 7) is 8.81. The van der Waals surface area contributed by atoms with Crippen molar-refractivity contribution in [1.29, 1.82) is 0 Å². The van der Waals surface area contributed by atoms with Gasteiger partial charge in [0.15, 0.2) is 11.1 Å². The second-order valence-corrected chi connectivity index (χ2v) is 7.05. The van der Waals surface area contributed by atoms with Crippen molar-refractivity contribution >= 4 is 46.4 Å². The van der Waals surface area contributed by atoms with Crippen LogP contribution >= 0.6 is 35.3 Å². The van der Waals surface area contributed by atoms with E-state index in [9.17, 15) is 0 Å². The molecule has 0 aliphatic carbocycles. The number of guanidine groups is 1. The van der Waals surface area contributed by atoms with Crippen LogP contribution in [0.2, 0.25) is 0 Å². The highest BCUT2D eigenvalue weighted by atomic mass is 127. The van der Waals surface area contributed by atoms with Gasteiger partial charge in [-0.2, -0.15) is 0 Å². The summed E-state index contributed by atoms with van der Waals surface area (Å²) in [4.78, 5) is 11.7. The van der Waals surface area contributed by atoms with Gasteiger partial charge in [-0.15, -0.1) is 35.3 Å². The molecule has 1 fully saturated rings. The highest BCUT2D eigenvalue weighted by Gasteiger charge is 2.15. The highest BCUT2D eigenvalue weighted by molar-refractivity contribution is 14.0. The number of hydrogen-bond donors (Lipinski definition) is 2. The van der Waals surface area contributed by atoms with Crippen LogP contribution in [0.1, 0.15) is 31.9 Å². The molecule has 1 aliphatic rings. The molecule has 0 unspecified atom stereocenters. The quantitative estimate of drug-likeness (QED) is 0.195. The van der Waals surface area contributed by atoms with Crippen molar-refractivity contribution < 1.29 is 9.47 Å². The van der Waals surface area contributed by atoms with E-state index < -0.39 is 0 Å². The van der Waals surface area contributed by atoms with Gasteiger partial charge in [0, 0.05) is 58.2 Å². The van der Waals surface area contributed by atoms with Gasteiger partial charge >= 0.3 is 0 Å². The fraction of sp³-hybridized carbons (Fsp3) is 0.778. The fourth-order valence-corrected chi connectivity index (χ4v) is 3.63. The van der Waals surface area contributed by atoms with E-state index in [0.29, 0.717) is 19.8 Å². The minimum absolute atomic E-state index is 0. The molecule has 0 radical (unpaired) electrons. The summed E-state index contributed by atoms with van der Waals surface area (Å²) in [6.07, 6.45) is 4.40. The molecule has 2 heterocycles. The van der Waals surface area contributed by atoms with Crippen LogP contribution in [-0.2, 0) is 15.9 Å². The third-order valence-electron chi connectivity index (χ3n) is 4.08. The molecule has 156 valence electrons. The van der Waals surface area contributed by atoms with Crippen molar-refractivity contribution in [1.82, 2.24) is 15.6 Å². The minimum Gasteiger partial charge on any atom is -0.382 e. The maximum atomic E-state index is 5.45. The molecule has 0 bridgehead atoms. The van der Waals surface area contributed by atoms with Crippen molar-refractivity contribution in [3.05, 3.63) is 11.1 Å². The Bertz CT molecular complexity index is 524. The largest absolute Gasteiger partial charge is 0.382 e. The van der Waals surface area contributed by atoms with Gasteiger partial charge in [-0.1, -0.05) is 0 Å². The summed E-state index contributed by atoms with van der Waals surface area (Å²) < 4.78 is 10.4. The monoisotopic (exact) mass is 511 g/mol. The molecule has 2 N–H and O–H groups in total. The SMILES string of the molecule is CCNC(=NCCCOCCOC)NCCc1csc(N2CCCC2)n1.I. The Morgan fingerprint density at radius 2 is 2.07 bits per heavy atom. The van der Waals surface area contributed by atoms with E-state index in [0.717, 1.165) is 57.2 Å². The van der Waals surface area contributed by atoms with Crippen LogP contribution in [0.5, 0.6) is 0 Å². The first kappa shape index (κ1) is 24.4. The van der Waals surface area contributed by atoms with E-state index in [1.807, 2.05) is 0 Å². The van der Waals surface area contributed by atoms with Crippen molar-refractivity contribution in [3.8, 4) is 0 Å².